The van der Waals surface area contributed by atoms with Crippen molar-refractivity contribution in [3.63, 3.8) is 0 Å². The SMILES string of the molecule is Cc1cccc(-c2nnnn2CC(C)CC(=O)O)c1I. The molecule has 1 heterocycles. The highest BCUT2D eigenvalue weighted by Gasteiger charge is 2.16. The number of hydrogen-bond acceptors (Lipinski definition) is 4. The first-order chi connectivity index (χ1) is 9.49. The van der Waals surface area contributed by atoms with Gasteiger partial charge < -0.3 is 5.11 Å². The zero-order chi connectivity index (χ0) is 14.7. The molecule has 0 bridgehead atoms. The summed E-state index contributed by atoms with van der Waals surface area (Å²) in [5, 5.41) is 20.6. The van der Waals surface area contributed by atoms with Crippen LogP contribution in [-0.2, 0) is 11.3 Å². The summed E-state index contributed by atoms with van der Waals surface area (Å²) in [4.78, 5) is 10.7. The van der Waals surface area contributed by atoms with E-state index in [1.54, 1.807) is 4.68 Å². The molecule has 0 radical (unpaired) electrons. The third-order valence-corrected chi connectivity index (χ3v) is 4.40. The van der Waals surface area contributed by atoms with Crippen molar-refractivity contribution >= 4 is 28.6 Å². The number of hydrogen-bond donors (Lipinski definition) is 1. The summed E-state index contributed by atoms with van der Waals surface area (Å²) < 4.78 is 2.77. The average molecular weight is 386 g/mol. The Kier molecular flexibility index (Phi) is 4.69. The van der Waals surface area contributed by atoms with Crippen LogP contribution < -0.4 is 0 Å². The van der Waals surface area contributed by atoms with E-state index in [0.717, 1.165) is 14.7 Å². The lowest BCUT2D eigenvalue weighted by atomic mass is 10.1. The van der Waals surface area contributed by atoms with Gasteiger partial charge in [0.25, 0.3) is 0 Å². The number of benzene rings is 1. The number of carboxylic acid groups (broad SMARTS) is 1. The van der Waals surface area contributed by atoms with E-state index in [9.17, 15) is 4.79 Å². The van der Waals surface area contributed by atoms with Gasteiger partial charge in [-0.2, -0.15) is 0 Å². The molecule has 1 atom stereocenters. The number of rotatable bonds is 5. The van der Waals surface area contributed by atoms with E-state index in [1.165, 1.54) is 0 Å². The van der Waals surface area contributed by atoms with E-state index in [0.29, 0.717) is 12.4 Å². The van der Waals surface area contributed by atoms with Gasteiger partial charge in [-0.3, -0.25) is 4.79 Å². The van der Waals surface area contributed by atoms with Gasteiger partial charge in [-0.25, -0.2) is 4.68 Å². The van der Waals surface area contributed by atoms with Crippen LogP contribution in [0.4, 0.5) is 0 Å². The highest BCUT2D eigenvalue weighted by molar-refractivity contribution is 14.1. The summed E-state index contributed by atoms with van der Waals surface area (Å²) in [6.07, 6.45) is 0.101. The minimum absolute atomic E-state index is 0.0304. The number of halogens is 1. The van der Waals surface area contributed by atoms with E-state index < -0.39 is 5.97 Å². The molecule has 0 amide bonds. The monoisotopic (exact) mass is 386 g/mol. The normalized spacial score (nSPS) is 12.3. The predicted molar refractivity (Wildman–Crippen MR) is 82.1 cm³/mol. The lowest BCUT2D eigenvalue weighted by Gasteiger charge is -2.11. The lowest BCUT2D eigenvalue weighted by Crippen LogP contribution is -2.14. The number of aromatic nitrogens is 4. The van der Waals surface area contributed by atoms with Crippen molar-refractivity contribution in [1.29, 1.82) is 0 Å². The topological polar surface area (TPSA) is 80.9 Å². The summed E-state index contributed by atoms with van der Waals surface area (Å²) in [5.41, 5.74) is 2.13. The molecule has 1 aromatic carbocycles. The fourth-order valence-corrected chi connectivity index (χ4v) is 2.60. The van der Waals surface area contributed by atoms with Gasteiger partial charge in [-0.15, -0.1) is 5.10 Å². The molecule has 7 heteroatoms. The second-order valence-corrected chi connectivity index (χ2v) is 5.90. The Morgan fingerprint density at radius 2 is 2.25 bits per heavy atom. The minimum atomic E-state index is -0.808. The quantitative estimate of drug-likeness (QED) is 0.799. The van der Waals surface area contributed by atoms with Crippen LogP contribution in [0.25, 0.3) is 11.4 Å². The van der Waals surface area contributed by atoms with Gasteiger partial charge in [-0.05, 0) is 51.4 Å². The summed E-state index contributed by atoms with van der Waals surface area (Å²) in [7, 11) is 0. The first kappa shape index (κ1) is 14.9. The van der Waals surface area contributed by atoms with Crippen LogP contribution >= 0.6 is 22.6 Å². The van der Waals surface area contributed by atoms with Crippen molar-refractivity contribution < 1.29 is 9.90 Å². The first-order valence-corrected chi connectivity index (χ1v) is 7.30. The summed E-state index contributed by atoms with van der Waals surface area (Å²) in [6, 6.07) is 5.97. The second-order valence-electron chi connectivity index (χ2n) is 4.82. The molecule has 1 N–H and O–H groups in total. The molecule has 0 spiro atoms. The maximum atomic E-state index is 10.7. The maximum absolute atomic E-state index is 10.7. The van der Waals surface area contributed by atoms with Gasteiger partial charge in [0.1, 0.15) is 0 Å². The van der Waals surface area contributed by atoms with Crippen molar-refractivity contribution in [3.8, 4) is 11.4 Å². The van der Waals surface area contributed by atoms with Gasteiger partial charge in [-0.1, -0.05) is 25.1 Å². The molecule has 0 aliphatic carbocycles. The number of nitrogens with zero attached hydrogens (tertiary/aromatic N) is 4. The number of aliphatic carboxylic acids is 1. The van der Waals surface area contributed by atoms with Crippen LogP contribution in [0.15, 0.2) is 18.2 Å². The molecular weight excluding hydrogens is 371 g/mol. The fourth-order valence-electron chi connectivity index (χ4n) is 2.00. The second kappa shape index (κ2) is 6.29. The maximum Gasteiger partial charge on any atom is 0.303 e. The molecule has 0 saturated carbocycles. The van der Waals surface area contributed by atoms with Crippen LogP contribution in [0.1, 0.15) is 18.9 Å². The fraction of sp³-hybridized carbons (Fsp3) is 0.385. The Labute approximate surface area is 130 Å². The summed E-state index contributed by atoms with van der Waals surface area (Å²) >= 11 is 2.27. The largest absolute Gasteiger partial charge is 0.481 e. The van der Waals surface area contributed by atoms with E-state index in [4.69, 9.17) is 5.11 Å². The van der Waals surface area contributed by atoms with Crippen LogP contribution in [0.3, 0.4) is 0 Å². The molecule has 2 rings (SSSR count). The van der Waals surface area contributed by atoms with Crippen molar-refractivity contribution in [2.24, 2.45) is 5.92 Å². The van der Waals surface area contributed by atoms with Crippen LogP contribution in [-0.4, -0.2) is 31.3 Å². The Bertz CT molecular complexity index is 627. The van der Waals surface area contributed by atoms with E-state index in [-0.39, 0.29) is 12.3 Å². The van der Waals surface area contributed by atoms with Crippen LogP contribution in [0.5, 0.6) is 0 Å². The molecule has 6 nitrogen and oxygen atoms in total. The first-order valence-electron chi connectivity index (χ1n) is 6.22. The molecule has 0 saturated heterocycles. The Morgan fingerprint density at radius 1 is 1.50 bits per heavy atom. The Hall–Kier alpha value is -1.51. The van der Waals surface area contributed by atoms with Crippen LogP contribution in [0, 0.1) is 16.4 Å². The van der Waals surface area contributed by atoms with Crippen molar-refractivity contribution in [1.82, 2.24) is 20.2 Å². The summed E-state index contributed by atoms with van der Waals surface area (Å²) in [5.74, 6) is -0.162. The number of tetrazole rings is 1. The summed E-state index contributed by atoms with van der Waals surface area (Å²) in [6.45, 7) is 4.39. The smallest absolute Gasteiger partial charge is 0.303 e. The van der Waals surface area contributed by atoms with Crippen molar-refractivity contribution in [2.75, 3.05) is 0 Å². The molecule has 1 unspecified atom stereocenters. The number of aryl methyl sites for hydroxylation is 1. The Balaban J connectivity index is 2.29. The molecule has 0 fully saturated rings. The lowest BCUT2D eigenvalue weighted by molar-refractivity contribution is -0.138. The molecular formula is C13H15IN4O2. The molecule has 1 aromatic heterocycles. The van der Waals surface area contributed by atoms with Crippen LogP contribution in [0.2, 0.25) is 0 Å². The van der Waals surface area contributed by atoms with Crippen molar-refractivity contribution in [3.05, 3.63) is 27.3 Å². The third-order valence-electron chi connectivity index (χ3n) is 2.97. The molecule has 20 heavy (non-hydrogen) atoms. The van der Waals surface area contributed by atoms with E-state index in [2.05, 4.69) is 38.1 Å². The Morgan fingerprint density at radius 3 is 2.95 bits per heavy atom. The van der Waals surface area contributed by atoms with E-state index in [1.807, 2.05) is 32.0 Å². The highest BCUT2D eigenvalue weighted by atomic mass is 127. The van der Waals surface area contributed by atoms with E-state index >= 15 is 0 Å². The molecule has 2 aromatic rings. The predicted octanol–water partition coefficient (Wildman–Crippen LogP) is 2.36. The van der Waals surface area contributed by atoms with Gasteiger partial charge in [0.05, 0.1) is 0 Å². The molecule has 0 aliphatic rings. The minimum Gasteiger partial charge on any atom is -0.481 e. The van der Waals surface area contributed by atoms with Crippen molar-refractivity contribution in [2.45, 2.75) is 26.8 Å². The van der Waals surface area contributed by atoms with Gasteiger partial charge in [0.2, 0.25) is 0 Å². The molecule has 106 valence electrons. The number of carbonyl (C=O) groups is 1. The molecule has 0 aliphatic heterocycles. The standard InChI is InChI=1S/C13H15IN4O2/c1-8(6-11(19)20)7-18-13(15-16-17-18)10-5-3-4-9(2)12(10)14/h3-5,8H,6-7H2,1-2H3,(H,19,20). The number of carboxylic acids is 1. The third kappa shape index (κ3) is 3.33. The zero-order valence-corrected chi connectivity index (χ0v) is 13.4. The average Bonchev–Trinajstić information content (AvgIpc) is 2.79. The van der Waals surface area contributed by atoms with Gasteiger partial charge in [0.15, 0.2) is 5.82 Å². The van der Waals surface area contributed by atoms with Gasteiger partial charge in [0, 0.05) is 22.1 Å². The van der Waals surface area contributed by atoms with Gasteiger partial charge >= 0.3 is 5.97 Å². The highest BCUT2D eigenvalue weighted by Crippen LogP contribution is 2.25. The zero-order valence-electron chi connectivity index (χ0n) is 11.2.